The van der Waals surface area contributed by atoms with Crippen LogP contribution in [0.3, 0.4) is 0 Å². The minimum atomic E-state index is -0.299. The number of ether oxygens (including phenoxy) is 1. The van der Waals surface area contributed by atoms with Crippen molar-refractivity contribution in [1.29, 1.82) is 0 Å². The summed E-state index contributed by atoms with van der Waals surface area (Å²) in [6.45, 7) is 4.01. The van der Waals surface area contributed by atoms with Crippen LogP contribution in [0.15, 0.2) is 0 Å². The van der Waals surface area contributed by atoms with Gasteiger partial charge in [0.05, 0.1) is 0 Å². The number of hydrogen-bond acceptors (Lipinski definition) is 3. The summed E-state index contributed by atoms with van der Waals surface area (Å²) in [5.41, 5.74) is -0.110. The molecule has 0 radical (unpaired) electrons. The van der Waals surface area contributed by atoms with Crippen LogP contribution in [0.4, 0.5) is 0 Å². The second kappa shape index (κ2) is 3.48. The Labute approximate surface area is 94.1 Å². The van der Waals surface area contributed by atoms with Crippen molar-refractivity contribution in [2.45, 2.75) is 39.2 Å². The molecule has 4 heteroatoms. The Morgan fingerprint density at radius 3 is 2.67 bits per heavy atom. The Bertz CT molecular complexity index is 311. The lowest BCUT2D eigenvalue weighted by atomic mass is 9.99. The number of esters is 1. The summed E-state index contributed by atoms with van der Waals surface area (Å²) in [6, 6.07) is 0. The molecule has 2 rings (SSSR count). The molecule has 1 aliphatic heterocycles. The fourth-order valence-corrected chi connectivity index (χ4v) is 3.21. The van der Waals surface area contributed by atoms with Gasteiger partial charge in [-0.1, -0.05) is 13.8 Å². The molecule has 0 spiro atoms. The highest BCUT2D eigenvalue weighted by Gasteiger charge is 2.65. The van der Waals surface area contributed by atoms with Gasteiger partial charge in [0.25, 0.3) is 0 Å². The molecule has 1 saturated heterocycles. The molecule has 2 fully saturated rings. The maximum absolute atomic E-state index is 11.2. The number of hydrogen-bond donors (Lipinski definition) is 0. The second-order valence-corrected chi connectivity index (χ2v) is 5.42. The molecule has 0 N–H and O–H groups in total. The van der Waals surface area contributed by atoms with E-state index < -0.39 is 0 Å². The molecule has 0 aromatic carbocycles. The third-order valence-corrected chi connectivity index (χ3v) is 3.94. The van der Waals surface area contributed by atoms with Crippen LogP contribution < -0.4 is 0 Å². The first-order valence-corrected chi connectivity index (χ1v) is 5.71. The highest BCUT2D eigenvalue weighted by Crippen LogP contribution is 2.62. The van der Waals surface area contributed by atoms with Crippen LogP contribution in [0.25, 0.3) is 0 Å². The van der Waals surface area contributed by atoms with Gasteiger partial charge in [-0.05, 0) is 29.9 Å². The fourth-order valence-electron chi connectivity index (χ4n) is 2.79. The van der Waals surface area contributed by atoms with Crippen molar-refractivity contribution in [3.63, 3.8) is 0 Å². The number of carbonyl (C=O) groups is 2. The monoisotopic (exact) mass is 230 g/mol. The van der Waals surface area contributed by atoms with Gasteiger partial charge in [-0.2, -0.15) is 0 Å². The molecule has 0 aromatic heterocycles. The zero-order chi connectivity index (χ0) is 11.2. The maximum Gasteiger partial charge on any atom is 0.306 e. The van der Waals surface area contributed by atoms with Crippen LogP contribution in [0.2, 0.25) is 0 Å². The average Bonchev–Trinajstić information content (AvgIpc) is 2.69. The molecule has 0 unspecified atom stereocenters. The van der Waals surface area contributed by atoms with Gasteiger partial charge in [-0.3, -0.25) is 9.59 Å². The summed E-state index contributed by atoms with van der Waals surface area (Å²) >= 11 is 5.53. The first-order valence-electron chi connectivity index (χ1n) is 5.33. The molecular weight excluding hydrogens is 216 g/mol. The van der Waals surface area contributed by atoms with E-state index in [-0.39, 0.29) is 34.6 Å². The summed E-state index contributed by atoms with van der Waals surface area (Å²) in [5, 5.41) is -0.299. The van der Waals surface area contributed by atoms with Crippen molar-refractivity contribution < 1.29 is 14.3 Å². The molecule has 84 valence electrons. The zero-order valence-corrected chi connectivity index (χ0v) is 9.71. The van der Waals surface area contributed by atoms with E-state index in [0.717, 1.165) is 12.8 Å². The van der Waals surface area contributed by atoms with Crippen LogP contribution in [-0.2, 0) is 14.3 Å². The summed E-state index contributed by atoms with van der Waals surface area (Å²) in [5.74, 6) is -0.170. The van der Waals surface area contributed by atoms with E-state index in [1.807, 2.05) is 13.8 Å². The highest BCUT2D eigenvalue weighted by molar-refractivity contribution is 6.64. The number of rotatable bonds is 2. The van der Waals surface area contributed by atoms with Gasteiger partial charge in [-0.25, -0.2) is 0 Å². The van der Waals surface area contributed by atoms with Crippen molar-refractivity contribution in [1.82, 2.24) is 0 Å². The third kappa shape index (κ3) is 1.78. The van der Waals surface area contributed by atoms with Crippen molar-refractivity contribution in [3.05, 3.63) is 0 Å². The molecule has 0 amide bonds. The fraction of sp³-hybridized carbons (Fsp3) is 0.818. The van der Waals surface area contributed by atoms with E-state index in [1.165, 1.54) is 0 Å². The van der Waals surface area contributed by atoms with E-state index in [0.29, 0.717) is 6.42 Å². The molecule has 3 nitrogen and oxygen atoms in total. The van der Waals surface area contributed by atoms with Crippen LogP contribution in [-0.4, -0.2) is 17.3 Å². The normalized spacial score (nSPS) is 38.3. The SMILES string of the molecule is CC1(C)[C@@H]([C@H]2CCCC(=O)O2)[C@@H]1C(=O)Cl. The summed E-state index contributed by atoms with van der Waals surface area (Å²) < 4.78 is 5.28. The molecular formula is C11H15ClO3. The van der Waals surface area contributed by atoms with Gasteiger partial charge in [0.1, 0.15) is 6.10 Å². The van der Waals surface area contributed by atoms with Gasteiger partial charge < -0.3 is 4.74 Å². The quantitative estimate of drug-likeness (QED) is 0.539. The van der Waals surface area contributed by atoms with Crippen molar-refractivity contribution in [3.8, 4) is 0 Å². The molecule has 3 atom stereocenters. The van der Waals surface area contributed by atoms with Crippen LogP contribution in [0, 0.1) is 17.3 Å². The lowest BCUT2D eigenvalue weighted by molar-refractivity contribution is -0.155. The summed E-state index contributed by atoms with van der Waals surface area (Å²) in [4.78, 5) is 22.3. The van der Waals surface area contributed by atoms with E-state index in [1.54, 1.807) is 0 Å². The molecule has 0 bridgehead atoms. The Morgan fingerprint density at radius 1 is 1.53 bits per heavy atom. The van der Waals surface area contributed by atoms with Crippen molar-refractivity contribution in [2.24, 2.45) is 17.3 Å². The lowest BCUT2D eigenvalue weighted by Crippen LogP contribution is -2.27. The lowest BCUT2D eigenvalue weighted by Gasteiger charge is -2.23. The minimum absolute atomic E-state index is 0.103. The predicted molar refractivity (Wildman–Crippen MR) is 55.4 cm³/mol. The summed E-state index contributed by atoms with van der Waals surface area (Å²) in [6.07, 6.45) is 2.12. The number of carbonyl (C=O) groups excluding carboxylic acids is 2. The first-order chi connectivity index (χ1) is 6.94. The molecule has 1 saturated carbocycles. The van der Waals surface area contributed by atoms with Crippen molar-refractivity contribution >= 4 is 22.8 Å². The molecule has 1 aliphatic carbocycles. The Hall–Kier alpha value is -0.570. The molecule has 1 heterocycles. The standard InChI is InChI=1S/C11H15ClO3/c1-11(2)8(9(11)10(12)14)6-4-3-5-7(13)15-6/h6,8-9H,3-5H2,1-2H3/t6-,8+,9-/m1/s1. The van der Waals surface area contributed by atoms with Gasteiger partial charge in [0.15, 0.2) is 0 Å². The van der Waals surface area contributed by atoms with Gasteiger partial charge >= 0.3 is 5.97 Å². The Morgan fingerprint density at radius 2 is 2.20 bits per heavy atom. The smallest absolute Gasteiger partial charge is 0.306 e. The van der Waals surface area contributed by atoms with E-state index in [2.05, 4.69) is 0 Å². The number of cyclic esters (lactones) is 1. The second-order valence-electron chi connectivity index (χ2n) is 5.05. The Kier molecular flexibility index (Phi) is 2.53. The van der Waals surface area contributed by atoms with Crippen LogP contribution >= 0.6 is 11.6 Å². The topological polar surface area (TPSA) is 43.4 Å². The largest absolute Gasteiger partial charge is 0.462 e. The van der Waals surface area contributed by atoms with Crippen LogP contribution in [0.1, 0.15) is 33.1 Å². The molecule has 2 aliphatic rings. The Balaban J connectivity index is 2.06. The van der Waals surface area contributed by atoms with Crippen molar-refractivity contribution in [2.75, 3.05) is 0 Å². The zero-order valence-electron chi connectivity index (χ0n) is 8.96. The van der Waals surface area contributed by atoms with Gasteiger partial charge in [0, 0.05) is 18.3 Å². The van der Waals surface area contributed by atoms with E-state index in [4.69, 9.17) is 16.3 Å². The highest BCUT2D eigenvalue weighted by atomic mass is 35.5. The third-order valence-electron chi connectivity index (χ3n) is 3.71. The van der Waals surface area contributed by atoms with Crippen LogP contribution in [0.5, 0.6) is 0 Å². The van der Waals surface area contributed by atoms with Gasteiger partial charge in [0.2, 0.25) is 5.24 Å². The van der Waals surface area contributed by atoms with E-state index in [9.17, 15) is 9.59 Å². The first kappa shape index (κ1) is 10.9. The van der Waals surface area contributed by atoms with Gasteiger partial charge in [-0.15, -0.1) is 0 Å². The summed E-state index contributed by atoms with van der Waals surface area (Å²) in [7, 11) is 0. The van der Waals surface area contributed by atoms with E-state index >= 15 is 0 Å². The predicted octanol–water partition coefficient (Wildman–Crippen LogP) is 2.12. The average molecular weight is 231 g/mol. The number of halogens is 1. The molecule has 15 heavy (non-hydrogen) atoms. The molecule has 0 aromatic rings. The minimum Gasteiger partial charge on any atom is -0.462 e. The maximum atomic E-state index is 11.2.